The summed E-state index contributed by atoms with van der Waals surface area (Å²) in [6, 6.07) is 13.3. The van der Waals surface area contributed by atoms with Gasteiger partial charge in [0.2, 0.25) is 11.8 Å². The fourth-order valence-electron chi connectivity index (χ4n) is 3.29. The normalized spacial score (nSPS) is 10.7. The smallest absolute Gasteiger partial charge is 0.239 e. The van der Waals surface area contributed by atoms with Gasteiger partial charge >= 0.3 is 0 Å². The number of likely N-dealkylation sites (N-methyl/N-ethyl adjacent to an activating group) is 1. The highest BCUT2D eigenvalue weighted by atomic mass is 16.5. The average Bonchev–Trinajstić information content (AvgIpc) is 3.22. The summed E-state index contributed by atoms with van der Waals surface area (Å²) in [7, 11) is 1.66. The van der Waals surface area contributed by atoms with Crippen molar-refractivity contribution in [3.63, 3.8) is 0 Å². The van der Waals surface area contributed by atoms with E-state index in [9.17, 15) is 14.9 Å². The van der Waals surface area contributed by atoms with Gasteiger partial charge in [-0.05, 0) is 45.5 Å². The van der Waals surface area contributed by atoms with Crippen LogP contribution in [-0.4, -0.2) is 46.6 Å². The Morgan fingerprint density at radius 1 is 1.13 bits per heavy atom. The molecular weight excluding hydrogens is 396 g/mol. The van der Waals surface area contributed by atoms with Crippen molar-refractivity contribution in [2.24, 2.45) is 0 Å². The summed E-state index contributed by atoms with van der Waals surface area (Å²) in [6.07, 6.45) is 0. The zero-order chi connectivity index (χ0) is 22.5. The van der Waals surface area contributed by atoms with Crippen molar-refractivity contribution >= 4 is 23.5 Å². The average molecular weight is 420 g/mol. The SMILES string of the molecule is Cc1cc(NC(=O)CN(C)CC(=O)Nc2c(C#N)c(C)c(C)n2-c2ccccc2)no1. The van der Waals surface area contributed by atoms with Gasteiger partial charge in [-0.25, -0.2) is 0 Å². The Bertz CT molecular complexity index is 1140. The molecule has 0 radical (unpaired) electrons. The Hall–Kier alpha value is -3.90. The van der Waals surface area contributed by atoms with Gasteiger partial charge in [-0.1, -0.05) is 23.4 Å². The van der Waals surface area contributed by atoms with Crippen LogP contribution in [0.3, 0.4) is 0 Å². The number of para-hydroxylation sites is 1. The van der Waals surface area contributed by atoms with Crippen LogP contribution in [0.2, 0.25) is 0 Å². The number of benzene rings is 1. The summed E-state index contributed by atoms with van der Waals surface area (Å²) in [5.41, 5.74) is 2.93. The molecular formula is C22H24N6O3. The molecule has 1 aromatic carbocycles. The summed E-state index contributed by atoms with van der Waals surface area (Å²) in [6.45, 7) is 5.44. The number of carbonyl (C=O) groups is 2. The van der Waals surface area contributed by atoms with Crippen LogP contribution < -0.4 is 10.6 Å². The number of hydrogen-bond donors (Lipinski definition) is 2. The summed E-state index contributed by atoms with van der Waals surface area (Å²) < 4.78 is 6.76. The van der Waals surface area contributed by atoms with Crippen LogP contribution >= 0.6 is 0 Å². The van der Waals surface area contributed by atoms with Crippen molar-refractivity contribution in [1.29, 1.82) is 5.26 Å². The van der Waals surface area contributed by atoms with Crippen LogP contribution in [0.25, 0.3) is 5.69 Å². The maximum Gasteiger partial charge on any atom is 0.239 e. The topological polar surface area (TPSA) is 116 Å². The Kier molecular flexibility index (Phi) is 6.52. The number of anilines is 2. The van der Waals surface area contributed by atoms with E-state index >= 15 is 0 Å². The fraction of sp³-hybridized carbons (Fsp3) is 0.273. The van der Waals surface area contributed by atoms with E-state index in [2.05, 4.69) is 21.9 Å². The number of amides is 2. The molecule has 0 aliphatic rings. The minimum absolute atomic E-state index is 0.0117. The zero-order valence-corrected chi connectivity index (χ0v) is 17.9. The number of nitrogens with zero attached hydrogens (tertiary/aromatic N) is 4. The highest BCUT2D eigenvalue weighted by Crippen LogP contribution is 2.29. The summed E-state index contributed by atoms with van der Waals surface area (Å²) in [4.78, 5) is 26.4. The molecule has 160 valence electrons. The maximum absolute atomic E-state index is 12.7. The molecule has 0 atom stereocenters. The number of carbonyl (C=O) groups excluding carboxylic acids is 2. The number of aryl methyl sites for hydroxylation is 1. The molecule has 2 amide bonds. The monoisotopic (exact) mass is 420 g/mol. The second-order valence-corrected chi connectivity index (χ2v) is 7.31. The Balaban J connectivity index is 1.71. The van der Waals surface area contributed by atoms with Crippen LogP contribution in [0.1, 0.15) is 22.6 Å². The molecule has 31 heavy (non-hydrogen) atoms. The molecule has 2 heterocycles. The lowest BCUT2D eigenvalue weighted by molar-refractivity contribution is -0.119. The molecule has 2 aromatic heterocycles. The number of rotatable bonds is 7. The molecule has 0 saturated heterocycles. The lowest BCUT2D eigenvalue weighted by Crippen LogP contribution is -2.36. The first-order chi connectivity index (χ1) is 14.8. The van der Waals surface area contributed by atoms with Crippen LogP contribution in [0.5, 0.6) is 0 Å². The number of hydrogen-bond acceptors (Lipinski definition) is 6. The molecule has 3 rings (SSSR count). The van der Waals surface area contributed by atoms with E-state index in [1.54, 1.807) is 24.9 Å². The lowest BCUT2D eigenvalue weighted by atomic mass is 10.2. The van der Waals surface area contributed by atoms with Gasteiger partial charge in [0.05, 0.1) is 18.7 Å². The second kappa shape index (κ2) is 9.28. The predicted molar refractivity (Wildman–Crippen MR) is 116 cm³/mol. The van der Waals surface area contributed by atoms with E-state index in [0.717, 1.165) is 16.9 Å². The predicted octanol–water partition coefficient (Wildman–Crippen LogP) is 2.77. The second-order valence-electron chi connectivity index (χ2n) is 7.31. The molecule has 9 heteroatoms. The van der Waals surface area contributed by atoms with Crippen molar-refractivity contribution in [3.05, 3.63) is 59.0 Å². The van der Waals surface area contributed by atoms with Gasteiger partial charge < -0.3 is 15.2 Å². The molecule has 0 fully saturated rings. The van der Waals surface area contributed by atoms with E-state index in [1.165, 1.54) is 0 Å². The molecule has 0 unspecified atom stereocenters. The molecule has 0 spiro atoms. The van der Waals surface area contributed by atoms with Gasteiger partial charge in [-0.2, -0.15) is 5.26 Å². The van der Waals surface area contributed by atoms with Crippen molar-refractivity contribution in [2.75, 3.05) is 30.8 Å². The third-order valence-electron chi connectivity index (χ3n) is 4.82. The quantitative estimate of drug-likeness (QED) is 0.607. The summed E-state index contributed by atoms with van der Waals surface area (Å²) in [5.74, 6) is 0.679. The highest BCUT2D eigenvalue weighted by molar-refractivity contribution is 5.95. The molecule has 2 N–H and O–H groups in total. The molecule has 9 nitrogen and oxygen atoms in total. The van der Waals surface area contributed by atoms with Gasteiger partial charge in [0, 0.05) is 17.4 Å². The standard InChI is InChI=1S/C22H24N6O3/c1-14-10-19(26-31-14)24-20(29)12-27(4)13-21(30)25-22-18(11-23)15(2)16(3)28(22)17-8-6-5-7-9-17/h5-10H,12-13H2,1-4H3,(H,25,30)(H,24,26,29). The third-order valence-corrected chi connectivity index (χ3v) is 4.82. The minimum atomic E-state index is -0.334. The molecule has 3 aromatic rings. The Morgan fingerprint density at radius 2 is 1.77 bits per heavy atom. The molecule has 0 saturated carbocycles. The van der Waals surface area contributed by atoms with Crippen LogP contribution in [0.4, 0.5) is 11.6 Å². The van der Waals surface area contributed by atoms with Gasteiger partial charge in [-0.15, -0.1) is 0 Å². The third kappa shape index (κ3) is 4.99. The first kappa shape index (κ1) is 21.8. The van der Waals surface area contributed by atoms with E-state index in [1.807, 2.05) is 48.7 Å². The fourth-order valence-corrected chi connectivity index (χ4v) is 3.29. The summed E-state index contributed by atoms with van der Waals surface area (Å²) >= 11 is 0. The number of nitriles is 1. The zero-order valence-electron chi connectivity index (χ0n) is 17.9. The Morgan fingerprint density at radius 3 is 2.35 bits per heavy atom. The van der Waals surface area contributed by atoms with Crippen LogP contribution in [-0.2, 0) is 9.59 Å². The van der Waals surface area contributed by atoms with E-state index in [4.69, 9.17) is 4.52 Å². The van der Waals surface area contributed by atoms with E-state index in [-0.39, 0.29) is 24.9 Å². The van der Waals surface area contributed by atoms with Gasteiger partial charge in [-0.3, -0.25) is 19.1 Å². The van der Waals surface area contributed by atoms with Crippen molar-refractivity contribution in [3.8, 4) is 11.8 Å². The largest absolute Gasteiger partial charge is 0.360 e. The molecule has 0 aliphatic carbocycles. The first-order valence-electron chi connectivity index (χ1n) is 9.69. The van der Waals surface area contributed by atoms with Crippen molar-refractivity contribution in [1.82, 2.24) is 14.6 Å². The number of nitrogens with one attached hydrogen (secondary N) is 2. The number of aromatic nitrogens is 2. The van der Waals surface area contributed by atoms with Gasteiger partial charge in [0.1, 0.15) is 17.6 Å². The van der Waals surface area contributed by atoms with Gasteiger partial charge in [0.15, 0.2) is 5.82 Å². The van der Waals surface area contributed by atoms with Crippen LogP contribution in [0.15, 0.2) is 40.9 Å². The minimum Gasteiger partial charge on any atom is -0.360 e. The van der Waals surface area contributed by atoms with Crippen molar-refractivity contribution in [2.45, 2.75) is 20.8 Å². The van der Waals surface area contributed by atoms with E-state index < -0.39 is 0 Å². The molecule has 0 aliphatic heterocycles. The highest BCUT2D eigenvalue weighted by Gasteiger charge is 2.21. The van der Waals surface area contributed by atoms with Gasteiger partial charge in [0.25, 0.3) is 0 Å². The summed E-state index contributed by atoms with van der Waals surface area (Å²) in [5, 5.41) is 18.8. The maximum atomic E-state index is 12.7. The first-order valence-corrected chi connectivity index (χ1v) is 9.69. The van der Waals surface area contributed by atoms with E-state index in [0.29, 0.717) is 23.0 Å². The van der Waals surface area contributed by atoms with Crippen molar-refractivity contribution < 1.29 is 14.1 Å². The molecule has 0 bridgehead atoms. The van der Waals surface area contributed by atoms with Crippen LogP contribution in [0, 0.1) is 32.1 Å². The lowest BCUT2D eigenvalue weighted by Gasteiger charge is -2.17. The Labute approximate surface area is 180 Å².